The van der Waals surface area contributed by atoms with Crippen LogP contribution in [0.25, 0.3) is 0 Å². The Morgan fingerprint density at radius 3 is 2.75 bits per heavy atom. The predicted molar refractivity (Wildman–Crippen MR) is 64.8 cm³/mol. The number of nitrogens with zero attached hydrogens (tertiary/aromatic N) is 2. The highest BCUT2D eigenvalue weighted by molar-refractivity contribution is 5.98. The third-order valence-corrected chi connectivity index (χ3v) is 2.08. The average Bonchev–Trinajstić information content (AvgIpc) is 2.15. The lowest BCUT2D eigenvalue weighted by Gasteiger charge is -2.28. The summed E-state index contributed by atoms with van der Waals surface area (Å²) in [4.78, 5) is 5.89. The van der Waals surface area contributed by atoms with Crippen molar-refractivity contribution in [3.8, 4) is 0 Å². The van der Waals surface area contributed by atoms with Gasteiger partial charge in [-0.2, -0.15) is 0 Å². The van der Waals surface area contributed by atoms with Crippen LogP contribution >= 0.6 is 0 Å². The Kier molecular flexibility index (Phi) is 3.49. The Morgan fingerprint density at radius 2 is 2.25 bits per heavy atom. The normalized spacial score (nSPS) is 11.2. The van der Waals surface area contributed by atoms with E-state index in [1.165, 1.54) is 0 Å². The zero-order chi connectivity index (χ0) is 12.3. The smallest absolute Gasteiger partial charge is 0.143 e. The van der Waals surface area contributed by atoms with E-state index in [-0.39, 0.29) is 5.84 Å². The number of hydrogen-bond acceptors (Lipinski definition) is 4. The lowest BCUT2D eigenvalue weighted by atomic mass is 10.1. The van der Waals surface area contributed by atoms with E-state index in [0.29, 0.717) is 12.2 Å². The molecule has 0 saturated carbocycles. The predicted octanol–water partition coefficient (Wildman–Crippen LogP) is 0.573. The average molecular weight is 222 g/mol. The van der Waals surface area contributed by atoms with E-state index in [4.69, 9.17) is 11.1 Å². The van der Waals surface area contributed by atoms with Gasteiger partial charge in [0.25, 0.3) is 0 Å². The Balaban J connectivity index is 2.99. The quantitative estimate of drug-likeness (QED) is 0.513. The van der Waals surface area contributed by atoms with Crippen molar-refractivity contribution in [1.82, 2.24) is 4.98 Å². The summed E-state index contributed by atoms with van der Waals surface area (Å²) in [6.07, 6.45) is 1.60. The second-order valence-corrected chi connectivity index (χ2v) is 4.45. The van der Waals surface area contributed by atoms with Crippen LogP contribution in [0.3, 0.4) is 0 Å². The number of nitrogens with one attached hydrogen (secondary N) is 1. The molecule has 0 atom stereocenters. The van der Waals surface area contributed by atoms with Gasteiger partial charge in [0.2, 0.25) is 0 Å². The van der Waals surface area contributed by atoms with Crippen LogP contribution in [0.1, 0.15) is 19.5 Å². The van der Waals surface area contributed by atoms with Crippen LogP contribution in [-0.2, 0) is 0 Å². The molecule has 1 heterocycles. The summed E-state index contributed by atoms with van der Waals surface area (Å²) in [6.45, 7) is 3.90. The van der Waals surface area contributed by atoms with Crippen molar-refractivity contribution < 1.29 is 5.11 Å². The van der Waals surface area contributed by atoms with E-state index in [9.17, 15) is 5.11 Å². The maximum absolute atomic E-state index is 9.73. The second-order valence-electron chi connectivity index (χ2n) is 4.45. The third-order valence-electron chi connectivity index (χ3n) is 2.08. The molecule has 5 heteroatoms. The van der Waals surface area contributed by atoms with Gasteiger partial charge in [-0.05, 0) is 26.0 Å². The standard InChI is InChI=1S/C11H18N4O/c1-11(2,16)7-15(3)8-5-4-6-14-9(8)10(12)13/h4-6,16H,7H2,1-3H3,(H3,12,13). The minimum atomic E-state index is -0.807. The number of nitrogens with two attached hydrogens (primary N) is 1. The summed E-state index contributed by atoms with van der Waals surface area (Å²) in [5.41, 5.74) is 5.83. The number of anilines is 1. The van der Waals surface area contributed by atoms with E-state index >= 15 is 0 Å². The fraction of sp³-hybridized carbons (Fsp3) is 0.455. The molecule has 1 rings (SSSR count). The molecule has 0 aliphatic heterocycles. The van der Waals surface area contributed by atoms with Gasteiger partial charge in [0.1, 0.15) is 11.5 Å². The van der Waals surface area contributed by atoms with Gasteiger partial charge in [-0.3, -0.25) is 10.4 Å². The Hall–Kier alpha value is -1.62. The third kappa shape index (κ3) is 3.20. The van der Waals surface area contributed by atoms with E-state index in [2.05, 4.69) is 4.98 Å². The molecule has 0 aromatic carbocycles. The van der Waals surface area contributed by atoms with Crippen LogP contribution in [0, 0.1) is 5.41 Å². The van der Waals surface area contributed by atoms with Crippen molar-refractivity contribution in [2.75, 3.05) is 18.5 Å². The van der Waals surface area contributed by atoms with Gasteiger partial charge < -0.3 is 15.7 Å². The van der Waals surface area contributed by atoms with Crippen molar-refractivity contribution in [2.24, 2.45) is 5.73 Å². The molecule has 16 heavy (non-hydrogen) atoms. The topological polar surface area (TPSA) is 86.2 Å². The number of pyridine rings is 1. The number of aromatic nitrogens is 1. The summed E-state index contributed by atoms with van der Waals surface area (Å²) < 4.78 is 0. The number of rotatable bonds is 4. The molecule has 0 amide bonds. The lowest BCUT2D eigenvalue weighted by molar-refractivity contribution is 0.0886. The first-order valence-corrected chi connectivity index (χ1v) is 5.04. The molecule has 0 saturated heterocycles. The number of likely N-dealkylation sites (N-methyl/N-ethyl adjacent to an activating group) is 1. The van der Waals surface area contributed by atoms with E-state index in [1.54, 1.807) is 26.1 Å². The summed E-state index contributed by atoms with van der Waals surface area (Å²) in [5, 5.41) is 17.2. The first-order valence-electron chi connectivity index (χ1n) is 5.04. The zero-order valence-electron chi connectivity index (χ0n) is 9.86. The SMILES string of the molecule is CN(CC(C)(C)O)c1cccnc1C(=N)N. The molecule has 0 spiro atoms. The van der Waals surface area contributed by atoms with Crippen LogP contribution in [0.15, 0.2) is 18.3 Å². The first-order chi connectivity index (χ1) is 7.31. The molecule has 1 aromatic rings. The van der Waals surface area contributed by atoms with Gasteiger partial charge in [-0.25, -0.2) is 0 Å². The van der Waals surface area contributed by atoms with Crippen LogP contribution in [0.4, 0.5) is 5.69 Å². The highest BCUT2D eigenvalue weighted by Crippen LogP contribution is 2.18. The largest absolute Gasteiger partial charge is 0.389 e. The highest BCUT2D eigenvalue weighted by Gasteiger charge is 2.18. The summed E-state index contributed by atoms with van der Waals surface area (Å²) >= 11 is 0. The minimum absolute atomic E-state index is 0.0711. The summed E-state index contributed by atoms with van der Waals surface area (Å²) in [7, 11) is 1.83. The molecule has 88 valence electrons. The number of aliphatic hydroxyl groups is 1. The van der Waals surface area contributed by atoms with Crippen molar-refractivity contribution in [1.29, 1.82) is 5.41 Å². The van der Waals surface area contributed by atoms with Crippen molar-refractivity contribution >= 4 is 11.5 Å². The van der Waals surface area contributed by atoms with E-state index < -0.39 is 5.60 Å². The van der Waals surface area contributed by atoms with Crippen molar-refractivity contribution in [3.63, 3.8) is 0 Å². The maximum Gasteiger partial charge on any atom is 0.143 e. The van der Waals surface area contributed by atoms with Gasteiger partial charge in [-0.15, -0.1) is 0 Å². The van der Waals surface area contributed by atoms with Crippen LogP contribution in [0.5, 0.6) is 0 Å². The Morgan fingerprint density at radius 1 is 1.62 bits per heavy atom. The second kappa shape index (κ2) is 4.49. The minimum Gasteiger partial charge on any atom is -0.389 e. The van der Waals surface area contributed by atoms with Gasteiger partial charge >= 0.3 is 0 Å². The number of nitrogen functional groups attached to an aromatic ring is 1. The van der Waals surface area contributed by atoms with Crippen molar-refractivity contribution in [2.45, 2.75) is 19.4 Å². The monoisotopic (exact) mass is 222 g/mol. The molecule has 4 N–H and O–H groups in total. The van der Waals surface area contributed by atoms with Gasteiger partial charge in [0.05, 0.1) is 11.3 Å². The Labute approximate surface area is 95.4 Å². The van der Waals surface area contributed by atoms with Gasteiger partial charge in [-0.1, -0.05) is 0 Å². The fourth-order valence-electron chi connectivity index (χ4n) is 1.58. The molecule has 5 nitrogen and oxygen atoms in total. The number of amidine groups is 1. The van der Waals surface area contributed by atoms with Crippen LogP contribution < -0.4 is 10.6 Å². The zero-order valence-corrected chi connectivity index (χ0v) is 9.86. The van der Waals surface area contributed by atoms with Gasteiger partial charge in [0, 0.05) is 19.8 Å². The molecular weight excluding hydrogens is 204 g/mol. The molecule has 0 unspecified atom stereocenters. The summed E-state index contributed by atoms with van der Waals surface area (Å²) in [5.74, 6) is -0.0711. The van der Waals surface area contributed by atoms with Crippen LogP contribution in [0.2, 0.25) is 0 Å². The lowest BCUT2D eigenvalue weighted by Crippen LogP contribution is -2.37. The molecule has 0 bridgehead atoms. The van der Waals surface area contributed by atoms with Crippen LogP contribution in [-0.4, -0.2) is 35.1 Å². The Bertz CT molecular complexity index is 384. The molecule has 1 aromatic heterocycles. The molecular formula is C11H18N4O. The summed E-state index contributed by atoms with van der Waals surface area (Å²) in [6, 6.07) is 3.61. The van der Waals surface area contributed by atoms with Gasteiger partial charge in [0.15, 0.2) is 0 Å². The van der Waals surface area contributed by atoms with E-state index in [1.807, 2.05) is 18.0 Å². The molecule has 0 aliphatic carbocycles. The maximum atomic E-state index is 9.73. The first kappa shape index (κ1) is 12.4. The fourth-order valence-corrected chi connectivity index (χ4v) is 1.58. The highest BCUT2D eigenvalue weighted by atomic mass is 16.3. The molecule has 0 fully saturated rings. The van der Waals surface area contributed by atoms with Crippen molar-refractivity contribution in [3.05, 3.63) is 24.0 Å². The number of hydrogen-bond donors (Lipinski definition) is 3. The molecule has 0 radical (unpaired) electrons. The van der Waals surface area contributed by atoms with E-state index in [0.717, 1.165) is 5.69 Å². The molecule has 0 aliphatic rings.